The molecule has 0 fully saturated rings. The molecular formula is C15H20N2OS2. The molecule has 0 spiro atoms. The second-order valence-electron chi connectivity index (χ2n) is 4.84. The molecule has 0 aliphatic rings. The van der Waals surface area contributed by atoms with Gasteiger partial charge in [-0.05, 0) is 49.2 Å². The molecule has 0 aliphatic heterocycles. The Morgan fingerprint density at radius 3 is 2.75 bits per heavy atom. The Hall–Kier alpha value is -1.07. The largest absolute Gasteiger partial charge is 0.332 e. The number of fused-ring (bicyclic) bond motifs is 1. The number of H-pyrrole nitrogens is 1. The molecule has 1 aromatic heterocycles. The average molecular weight is 308 g/mol. The zero-order valence-corrected chi connectivity index (χ0v) is 13.4. The highest BCUT2D eigenvalue weighted by Gasteiger charge is 2.04. The van der Waals surface area contributed by atoms with E-state index in [1.165, 1.54) is 18.6 Å². The normalized spacial score (nSPS) is 11.1. The molecule has 0 saturated heterocycles. The van der Waals surface area contributed by atoms with Crippen LogP contribution in [-0.2, 0) is 6.54 Å². The molecule has 2 rings (SSSR count). The van der Waals surface area contributed by atoms with E-state index in [0.717, 1.165) is 18.4 Å². The average Bonchev–Trinajstić information content (AvgIpc) is 2.45. The number of hydrogen-bond donors (Lipinski definition) is 1. The zero-order chi connectivity index (χ0) is 14.4. The molecule has 3 nitrogen and oxygen atoms in total. The molecule has 1 N–H and O–H groups in total. The van der Waals surface area contributed by atoms with Crippen LogP contribution in [0.2, 0.25) is 0 Å². The number of nitrogens with zero attached hydrogens (tertiary/aromatic N) is 1. The van der Waals surface area contributed by atoms with E-state index in [0.29, 0.717) is 16.7 Å². The summed E-state index contributed by atoms with van der Waals surface area (Å²) >= 11 is 7.18. The Kier molecular flexibility index (Phi) is 5.86. The van der Waals surface area contributed by atoms with Gasteiger partial charge in [0.1, 0.15) is 0 Å². The number of aromatic amines is 1. The van der Waals surface area contributed by atoms with Gasteiger partial charge in [0.05, 0.1) is 10.9 Å². The minimum Gasteiger partial charge on any atom is -0.332 e. The van der Waals surface area contributed by atoms with Crippen LogP contribution in [0.25, 0.3) is 10.9 Å². The van der Waals surface area contributed by atoms with E-state index in [2.05, 4.69) is 11.2 Å². The molecule has 0 unspecified atom stereocenters. The molecule has 5 heteroatoms. The molecular weight excluding hydrogens is 288 g/mol. The van der Waals surface area contributed by atoms with Gasteiger partial charge in [-0.25, -0.2) is 0 Å². The summed E-state index contributed by atoms with van der Waals surface area (Å²) in [5.41, 5.74) is 0.840. The third-order valence-electron chi connectivity index (χ3n) is 3.37. The fraction of sp³-hybridized carbons (Fsp3) is 0.467. The summed E-state index contributed by atoms with van der Waals surface area (Å²) in [5, 5.41) is 0.712. The maximum atomic E-state index is 12.4. The van der Waals surface area contributed by atoms with Crippen LogP contribution in [0, 0.1) is 4.77 Å². The first-order chi connectivity index (χ1) is 9.74. The van der Waals surface area contributed by atoms with Crippen molar-refractivity contribution >= 4 is 34.9 Å². The van der Waals surface area contributed by atoms with Crippen LogP contribution in [0.1, 0.15) is 25.7 Å². The van der Waals surface area contributed by atoms with Gasteiger partial charge in [-0.15, -0.1) is 0 Å². The fourth-order valence-electron chi connectivity index (χ4n) is 2.27. The molecule has 0 atom stereocenters. The quantitative estimate of drug-likeness (QED) is 0.621. The zero-order valence-electron chi connectivity index (χ0n) is 11.7. The van der Waals surface area contributed by atoms with Crippen LogP contribution in [0.3, 0.4) is 0 Å². The Balaban J connectivity index is 2.07. The Morgan fingerprint density at radius 2 is 1.95 bits per heavy atom. The van der Waals surface area contributed by atoms with Crippen LogP contribution in [0.15, 0.2) is 29.1 Å². The molecule has 1 heterocycles. The van der Waals surface area contributed by atoms with Crippen molar-refractivity contribution in [1.29, 1.82) is 0 Å². The van der Waals surface area contributed by atoms with E-state index in [4.69, 9.17) is 12.2 Å². The smallest absolute Gasteiger partial charge is 0.262 e. The second-order valence-corrected chi connectivity index (χ2v) is 6.21. The first-order valence-corrected chi connectivity index (χ1v) is 8.75. The van der Waals surface area contributed by atoms with Crippen molar-refractivity contribution in [1.82, 2.24) is 9.55 Å². The van der Waals surface area contributed by atoms with Gasteiger partial charge in [0.2, 0.25) is 0 Å². The fourth-order valence-corrected chi connectivity index (χ4v) is 3.05. The maximum Gasteiger partial charge on any atom is 0.262 e. The summed E-state index contributed by atoms with van der Waals surface area (Å²) in [7, 11) is 0. The lowest BCUT2D eigenvalue weighted by Crippen LogP contribution is -2.22. The van der Waals surface area contributed by atoms with E-state index >= 15 is 0 Å². The molecule has 0 amide bonds. The van der Waals surface area contributed by atoms with E-state index in [1.54, 1.807) is 4.57 Å². The predicted molar refractivity (Wildman–Crippen MR) is 90.2 cm³/mol. The van der Waals surface area contributed by atoms with Gasteiger partial charge in [-0.1, -0.05) is 25.0 Å². The van der Waals surface area contributed by atoms with Crippen molar-refractivity contribution in [2.45, 2.75) is 32.2 Å². The topological polar surface area (TPSA) is 37.8 Å². The summed E-state index contributed by atoms with van der Waals surface area (Å²) in [6.45, 7) is 0.707. The molecule has 108 valence electrons. The second kappa shape index (κ2) is 7.64. The van der Waals surface area contributed by atoms with Crippen LogP contribution < -0.4 is 5.56 Å². The molecule has 20 heavy (non-hydrogen) atoms. The lowest BCUT2D eigenvalue weighted by molar-refractivity contribution is 0.564. The van der Waals surface area contributed by atoms with Gasteiger partial charge >= 0.3 is 0 Å². The maximum absolute atomic E-state index is 12.4. The van der Waals surface area contributed by atoms with Gasteiger partial charge in [0.15, 0.2) is 4.77 Å². The van der Waals surface area contributed by atoms with Crippen molar-refractivity contribution in [2.24, 2.45) is 0 Å². The molecule has 1 aromatic carbocycles. The SMILES string of the molecule is CSCCCCCCn1c(=S)[nH]c2ccccc2c1=O. The number of unbranched alkanes of at least 4 members (excludes halogenated alkanes) is 3. The molecule has 0 bridgehead atoms. The van der Waals surface area contributed by atoms with Crippen molar-refractivity contribution in [3.8, 4) is 0 Å². The van der Waals surface area contributed by atoms with E-state index in [-0.39, 0.29) is 5.56 Å². The monoisotopic (exact) mass is 308 g/mol. The Morgan fingerprint density at radius 1 is 1.20 bits per heavy atom. The van der Waals surface area contributed by atoms with Crippen molar-refractivity contribution < 1.29 is 0 Å². The van der Waals surface area contributed by atoms with E-state index < -0.39 is 0 Å². The number of aromatic nitrogens is 2. The van der Waals surface area contributed by atoms with Crippen molar-refractivity contribution in [3.05, 3.63) is 39.4 Å². The standard InChI is InChI=1S/C15H20N2OS2/c1-20-11-7-3-2-6-10-17-14(18)12-8-4-5-9-13(12)16-15(17)19/h4-5,8-9H,2-3,6-7,10-11H2,1H3,(H,16,19). The van der Waals surface area contributed by atoms with Crippen molar-refractivity contribution in [3.63, 3.8) is 0 Å². The minimum atomic E-state index is 0.0217. The summed E-state index contributed by atoms with van der Waals surface area (Å²) in [6, 6.07) is 7.52. The highest BCUT2D eigenvalue weighted by Crippen LogP contribution is 2.08. The third kappa shape index (κ3) is 3.73. The van der Waals surface area contributed by atoms with Gasteiger partial charge < -0.3 is 4.98 Å². The highest BCUT2D eigenvalue weighted by atomic mass is 32.2. The number of benzene rings is 1. The summed E-state index contributed by atoms with van der Waals surface area (Å²) in [5.74, 6) is 1.22. The van der Waals surface area contributed by atoms with Gasteiger partial charge in [-0.2, -0.15) is 11.8 Å². The summed E-state index contributed by atoms with van der Waals surface area (Å²) in [6.07, 6.45) is 6.76. The summed E-state index contributed by atoms with van der Waals surface area (Å²) < 4.78 is 2.21. The first-order valence-electron chi connectivity index (χ1n) is 6.95. The molecule has 0 aliphatic carbocycles. The molecule has 2 aromatic rings. The van der Waals surface area contributed by atoms with Gasteiger partial charge in [0, 0.05) is 6.54 Å². The molecule has 0 saturated carbocycles. The Bertz CT molecular complexity index is 675. The van der Waals surface area contributed by atoms with Gasteiger partial charge in [0.25, 0.3) is 5.56 Å². The summed E-state index contributed by atoms with van der Waals surface area (Å²) in [4.78, 5) is 15.5. The number of hydrogen-bond acceptors (Lipinski definition) is 3. The highest BCUT2D eigenvalue weighted by molar-refractivity contribution is 7.98. The lowest BCUT2D eigenvalue weighted by atomic mass is 10.2. The van der Waals surface area contributed by atoms with E-state index in [1.807, 2.05) is 36.0 Å². The number of para-hydroxylation sites is 1. The number of nitrogens with one attached hydrogen (secondary N) is 1. The van der Waals surface area contributed by atoms with Crippen LogP contribution in [0.4, 0.5) is 0 Å². The van der Waals surface area contributed by atoms with Crippen LogP contribution >= 0.6 is 24.0 Å². The lowest BCUT2D eigenvalue weighted by Gasteiger charge is -2.07. The first kappa shape index (κ1) is 15.3. The van der Waals surface area contributed by atoms with Gasteiger partial charge in [-0.3, -0.25) is 9.36 Å². The molecule has 0 radical (unpaired) electrons. The number of rotatable bonds is 7. The van der Waals surface area contributed by atoms with E-state index in [9.17, 15) is 4.79 Å². The van der Waals surface area contributed by atoms with Crippen LogP contribution in [-0.4, -0.2) is 21.6 Å². The predicted octanol–water partition coefficient (Wildman–Crippen LogP) is 3.98. The van der Waals surface area contributed by atoms with Crippen molar-refractivity contribution in [2.75, 3.05) is 12.0 Å². The van der Waals surface area contributed by atoms with Crippen LogP contribution in [0.5, 0.6) is 0 Å². The Labute approximate surface area is 128 Å². The number of thioether (sulfide) groups is 1. The third-order valence-corrected chi connectivity index (χ3v) is 4.39. The minimum absolute atomic E-state index is 0.0217.